The van der Waals surface area contributed by atoms with Gasteiger partial charge in [0.05, 0.1) is 11.5 Å². The Bertz CT molecular complexity index is 1990. The predicted molar refractivity (Wildman–Crippen MR) is 190 cm³/mol. The van der Waals surface area contributed by atoms with E-state index in [-0.39, 0.29) is 30.7 Å². The molecule has 2 saturated carbocycles. The second-order valence-electron chi connectivity index (χ2n) is 14.8. The van der Waals surface area contributed by atoms with Crippen molar-refractivity contribution in [2.24, 2.45) is 5.92 Å². The van der Waals surface area contributed by atoms with Gasteiger partial charge in [0.25, 0.3) is 5.91 Å². The van der Waals surface area contributed by atoms with Gasteiger partial charge in [0.2, 0.25) is 21.8 Å². The zero-order valence-corrected chi connectivity index (χ0v) is 29.6. The minimum atomic E-state index is -3.86. The average Bonchev–Trinajstić information content (AvgIpc) is 3.99. The Labute approximate surface area is 302 Å². The smallest absolute Gasteiger partial charge is 0.413 e. The van der Waals surface area contributed by atoms with Crippen LogP contribution in [0.15, 0.2) is 71.6 Å². The first-order valence-corrected chi connectivity index (χ1v) is 19.8. The predicted octanol–water partition coefficient (Wildman–Crippen LogP) is 3.88. The SMILES string of the molecule is O=C(NC1CCCCC/C=C/C2CC2(C(=O)NS(=O)(=O)C2CC2)NC(=O)C2C[C@@H](N3Cc4cccc5cccc(c45)C3)CN2C1=O)Oc1ccoc1. The summed E-state index contributed by atoms with van der Waals surface area (Å²) in [5.74, 6) is -1.88. The number of nitrogens with one attached hydrogen (secondary N) is 3. The van der Waals surface area contributed by atoms with Gasteiger partial charge in [-0.25, -0.2) is 13.2 Å². The van der Waals surface area contributed by atoms with Gasteiger partial charge in [0.15, 0.2) is 5.75 Å². The molecular weight excluding hydrogens is 687 g/mol. The van der Waals surface area contributed by atoms with Crippen LogP contribution in [0, 0.1) is 5.92 Å². The molecule has 3 aliphatic heterocycles. The normalized spacial score (nSPS) is 28.8. The van der Waals surface area contributed by atoms with Crippen molar-refractivity contribution in [1.29, 1.82) is 0 Å². The number of furan rings is 1. The summed E-state index contributed by atoms with van der Waals surface area (Å²) in [6.45, 7) is 1.49. The van der Waals surface area contributed by atoms with Crippen molar-refractivity contribution in [3.8, 4) is 5.75 Å². The summed E-state index contributed by atoms with van der Waals surface area (Å²) in [6, 6.07) is 11.8. The standard InChI is InChI=1S/C38H43N5O8S/c44-34-32-18-28(42-20-25-10-6-8-24-9-7-11-26(21-42)33(24)25)22-43(32)35(45)31(39-37(47)51-29-16-17-50-23-29)13-5-3-1-2-4-12-27-19-38(27,40-34)36(46)41-52(48,49)30-14-15-30/h4,6-12,16-17,23,27-28,30-32H,1-3,5,13-15,18-22H2,(H,39,47)(H,40,44)(H,41,46)/b12-4+/t27?,28-,31?,32?,38?/m1/s1. The fourth-order valence-corrected chi connectivity index (χ4v) is 9.51. The van der Waals surface area contributed by atoms with E-state index in [1.54, 1.807) is 0 Å². The number of rotatable bonds is 6. The highest BCUT2D eigenvalue weighted by molar-refractivity contribution is 7.91. The van der Waals surface area contributed by atoms with Crippen LogP contribution in [0.4, 0.5) is 4.79 Å². The van der Waals surface area contributed by atoms with E-state index in [0.29, 0.717) is 51.6 Å². The summed E-state index contributed by atoms with van der Waals surface area (Å²) < 4.78 is 38.3. The van der Waals surface area contributed by atoms with Crippen molar-refractivity contribution in [3.05, 3.63) is 78.3 Å². The van der Waals surface area contributed by atoms with Gasteiger partial charge >= 0.3 is 6.09 Å². The Kier molecular flexibility index (Phi) is 9.06. The maximum absolute atomic E-state index is 14.6. The number of hydrogen-bond acceptors (Lipinski definition) is 9. The molecule has 0 radical (unpaired) electrons. The van der Waals surface area contributed by atoms with Gasteiger partial charge in [-0.3, -0.25) is 24.0 Å². The van der Waals surface area contributed by atoms with Gasteiger partial charge in [-0.2, -0.15) is 0 Å². The fourth-order valence-electron chi connectivity index (χ4n) is 8.15. The molecular formula is C38H43N5O8S. The maximum Gasteiger partial charge on any atom is 0.413 e. The fraction of sp³-hybridized carbons (Fsp3) is 0.474. The first-order chi connectivity index (χ1) is 25.1. The van der Waals surface area contributed by atoms with E-state index in [1.807, 2.05) is 24.3 Å². The zero-order chi connectivity index (χ0) is 36.0. The highest BCUT2D eigenvalue weighted by Gasteiger charge is 2.62. The molecule has 5 atom stereocenters. The van der Waals surface area contributed by atoms with E-state index in [0.717, 1.165) is 12.8 Å². The lowest BCUT2D eigenvalue weighted by atomic mass is 9.94. The van der Waals surface area contributed by atoms with Gasteiger partial charge in [-0.15, -0.1) is 0 Å². The molecule has 2 aliphatic carbocycles. The van der Waals surface area contributed by atoms with E-state index >= 15 is 0 Å². The monoisotopic (exact) mass is 729 g/mol. The van der Waals surface area contributed by atoms with Crippen LogP contribution in [-0.2, 0) is 37.5 Å². The molecule has 4 unspecified atom stereocenters. The minimum Gasteiger partial charge on any atom is -0.469 e. The number of carbonyl (C=O) groups is 4. The Morgan fingerprint density at radius 3 is 2.46 bits per heavy atom. The molecule has 3 N–H and O–H groups in total. The Morgan fingerprint density at radius 1 is 0.981 bits per heavy atom. The van der Waals surface area contributed by atoms with Crippen LogP contribution in [0.1, 0.15) is 68.9 Å². The molecule has 4 amide bonds. The van der Waals surface area contributed by atoms with Crippen LogP contribution >= 0.6 is 0 Å². The molecule has 5 aliphatic rings. The average molecular weight is 730 g/mol. The van der Waals surface area contributed by atoms with E-state index in [4.69, 9.17) is 9.15 Å². The van der Waals surface area contributed by atoms with Crippen molar-refractivity contribution in [2.75, 3.05) is 6.54 Å². The second kappa shape index (κ2) is 13.7. The lowest BCUT2D eigenvalue weighted by molar-refractivity contribution is -0.141. The molecule has 1 saturated heterocycles. The van der Waals surface area contributed by atoms with Crippen LogP contribution in [0.3, 0.4) is 0 Å². The number of benzene rings is 2. The molecule has 2 aromatic carbocycles. The number of hydrogen-bond donors (Lipinski definition) is 3. The van der Waals surface area contributed by atoms with Crippen molar-refractivity contribution in [2.45, 2.75) is 99.8 Å². The van der Waals surface area contributed by atoms with Crippen LogP contribution < -0.4 is 20.1 Å². The number of ether oxygens (including phenoxy) is 1. The van der Waals surface area contributed by atoms with E-state index in [9.17, 15) is 27.6 Å². The van der Waals surface area contributed by atoms with Crippen molar-refractivity contribution in [1.82, 2.24) is 25.2 Å². The Balaban J connectivity index is 1.09. The number of allylic oxidation sites excluding steroid dienone is 1. The lowest BCUT2D eigenvalue weighted by Gasteiger charge is -2.34. The molecule has 13 nitrogen and oxygen atoms in total. The maximum atomic E-state index is 14.6. The first-order valence-electron chi connectivity index (χ1n) is 18.2. The molecule has 0 spiro atoms. The molecule has 3 aromatic rings. The topological polar surface area (TPSA) is 167 Å². The number of amides is 4. The molecule has 4 heterocycles. The molecule has 14 heteroatoms. The van der Waals surface area contributed by atoms with Crippen molar-refractivity contribution >= 4 is 44.6 Å². The van der Waals surface area contributed by atoms with Crippen molar-refractivity contribution < 1.29 is 36.7 Å². The summed E-state index contributed by atoms with van der Waals surface area (Å²) in [7, 11) is -3.86. The molecule has 274 valence electrons. The Hall–Kier alpha value is -4.69. The number of nitrogens with zero attached hydrogens (tertiary/aromatic N) is 2. The molecule has 3 fully saturated rings. The van der Waals surface area contributed by atoms with Gasteiger partial charge in [0, 0.05) is 37.7 Å². The summed E-state index contributed by atoms with van der Waals surface area (Å²) in [5.41, 5.74) is 0.885. The molecule has 52 heavy (non-hydrogen) atoms. The first kappa shape index (κ1) is 34.4. The lowest BCUT2D eigenvalue weighted by Crippen LogP contribution is -2.58. The highest BCUT2D eigenvalue weighted by atomic mass is 32.2. The van der Waals surface area contributed by atoms with Gasteiger partial charge < -0.3 is 24.7 Å². The van der Waals surface area contributed by atoms with Gasteiger partial charge in [-0.1, -0.05) is 61.4 Å². The highest BCUT2D eigenvalue weighted by Crippen LogP contribution is 2.46. The molecule has 1 aromatic heterocycles. The summed E-state index contributed by atoms with van der Waals surface area (Å²) in [4.78, 5) is 59.6. The van der Waals surface area contributed by atoms with E-state index < -0.39 is 56.7 Å². The molecule has 0 bridgehead atoms. The van der Waals surface area contributed by atoms with Gasteiger partial charge in [0.1, 0.15) is 23.9 Å². The van der Waals surface area contributed by atoms with Crippen LogP contribution in [0.5, 0.6) is 5.75 Å². The third-order valence-corrected chi connectivity index (χ3v) is 13.0. The molecule has 8 rings (SSSR count). The quantitative estimate of drug-likeness (QED) is 0.319. The van der Waals surface area contributed by atoms with Crippen LogP contribution in [0.2, 0.25) is 0 Å². The number of carbonyl (C=O) groups excluding carboxylic acids is 4. The number of fused-ring (bicyclic) bond motifs is 2. The van der Waals surface area contributed by atoms with Crippen LogP contribution in [-0.4, -0.2) is 77.5 Å². The van der Waals surface area contributed by atoms with Crippen molar-refractivity contribution in [3.63, 3.8) is 0 Å². The Morgan fingerprint density at radius 2 is 1.75 bits per heavy atom. The number of sulfonamides is 1. The summed E-state index contributed by atoms with van der Waals surface area (Å²) >= 11 is 0. The largest absolute Gasteiger partial charge is 0.469 e. The summed E-state index contributed by atoms with van der Waals surface area (Å²) in [5, 5.41) is 7.49. The third kappa shape index (κ3) is 6.81. The second-order valence-corrected chi connectivity index (χ2v) is 16.8. The van der Waals surface area contributed by atoms with E-state index in [2.05, 4.69) is 44.5 Å². The van der Waals surface area contributed by atoms with E-state index in [1.165, 1.54) is 45.4 Å². The van der Waals surface area contributed by atoms with Gasteiger partial charge in [-0.05, 0) is 66.8 Å². The third-order valence-electron chi connectivity index (χ3n) is 11.2. The van der Waals surface area contributed by atoms with Crippen LogP contribution in [0.25, 0.3) is 10.8 Å². The summed E-state index contributed by atoms with van der Waals surface area (Å²) in [6.07, 6.45) is 10.5. The zero-order valence-electron chi connectivity index (χ0n) is 28.8. The minimum absolute atomic E-state index is 0.194.